The molecule has 3 nitrogen and oxygen atoms in total. The minimum atomic E-state index is -4.28. The van der Waals surface area contributed by atoms with Crippen molar-refractivity contribution in [2.75, 3.05) is 13.1 Å². The molecule has 1 saturated heterocycles. The average molecular weight is 291 g/mol. The summed E-state index contributed by atoms with van der Waals surface area (Å²) in [5.41, 5.74) is 6.05. The van der Waals surface area contributed by atoms with Crippen LogP contribution < -0.4 is 5.73 Å². The number of hydrogen-bond donors (Lipinski definition) is 1. The summed E-state index contributed by atoms with van der Waals surface area (Å²) >= 11 is 0.747. The first-order valence-electron chi connectivity index (χ1n) is 6.43. The Morgan fingerprint density at radius 1 is 1.37 bits per heavy atom. The Morgan fingerprint density at radius 3 is 2.79 bits per heavy atom. The van der Waals surface area contributed by atoms with E-state index in [4.69, 9.17) is 5.73 Å². The largest absolute Gasteiger partial charge is 0.427 e. The van der Waals surface area contributed by atoms with Crippen molar-refractivity contribution in [2.24, 2.45) is 17.6 Å². The molecule has 0 spiro atoms. The van der Waals surface area contributed by atoms with Crippen LogP contribution >= 0.6 is 11.3 Å². The molecule has 2 heterocycles. The van der Waals surface area contributed by atoms with E-state index in [1.807, 2.05) is 0 Å². The van der Waals surface area contributed by atoms with Gasteiger partial charge in [-0.05, 0) is 24.7 Å². The molecule has 3 rings (SSSR count). The molecule has 1 saturated carbocycles. The molecule has 2 aliphatic rings. The highest BCUT2D eigenvalue weighted by Gasteiger charge is 2.41. The number of thiazole rings is 1. The molecule has 2 N–H and O–H groups in total. The molecule has 0 bridgehead atoms. The van der Waals surface area contributed by atoms with Crippen LogP contribution in [0.1, 0.15) is 22.7 Å². The van der Waals surface area contributed by atoms with E-state index in [9.17, 15) is 13.2 Å². The molecule has 106 valence electrons. The summed E-state index contributed by atoms with van der Waals surface area (Å²) < 4.78 is 37.5. The highest BCUT2D eigenvalue weighted by atomic mass is 32.1. The summed E-state index contributed by atoms with van der Waals surface area (Å²) in [6.07, 6.45) is -1.12. The van der Waals surface area contributed by atoms with Crippen LogP contribution in [0.4, 0.5) is 13.2 Å². The normalized spacial score (nSPS) is 31.9. The van der Waals surface area contributed by atoms with E-state index in [0.29, 0.717) is 23.4 Å². The molecule has 19 heavy (non-hydrogen) atoms. The summed E-state index contributed by atoms with van der Waals surface area (Å²) in [5, 5.41) is 0.542. The Bertz CT molecular complexity index is 459. The maximum Gasteiger partial charge on any atom is 0.427 e. The molecule has 0 aromatic carbocycles. The van der Waals surface area contributed by atoms with Crippen molar-refractivity contribution in [3.63, 3.8) is 0 Å². The van der Waals surface area contributed by atoms with Gasteiger partial charge in [0, 0.05) is 19.1 Å². The van der Waals surface area contributed by atoms with Crippen LogP contribution in [0.25, 0.3) is 0 Å². The van der Waals surface area contributed by atoms with Crippen LogP contribution in [0.3, 0.4) is 0 Å². The van der Waals surface area contributed by atoms with Crippen LogP contribution in [0.2, 0.25) is 0 Å². The van der Waals surface area contributed by atoms with E-state index in [-0.39, 0.29) is 6.04 Å². The number of rotatable bonds is 2. The highest BCUT2D eigenvalue weighted by molar-refractivity contribution is 7.11. The Balaban J connectivity index is 1.62. The maximum absolute atomic E-state index is 12.5. The smallest absolute Gasteiger partial charge is 0.327 e. The van der Waals surface area contributed by atoms with E-state index in [2.05, 4.69) is 9.88 Å². The van der Waals surface area contributed by atoms with Crippen LogP contribution in [0, 0.1) is 11.8 Å². The van der Waals surface area contributed by atoms with Crippen molar-refractivity contribution in [3.8, 4) is 0 Å². The Labute approximate surface area is 113 Å². The Kier molecular flexibility index (Phi) is 3.31. The first kappa shape index (κ1) is 13.3. The molecule has 0 amide bonds. The number of nitrogens with two attached hydrogens (primary N) is 1. The molecule has 0 radical (unpaired) electrons. The topological polar surface area (TPSA) is 42.1 Å². The van der Waals surface area contributed by atoms with Gasteiger partial charge in [-0.1, -0.05) is 0 Å². The van der Waals surface area contributed by atoms with Crippen molar-refractivity contribution in [3.05, 3.63) is 16.1 Å². The van der Waals surface area contributed by atoms with Crippen LogP contribution in [-0.4, -0.2) is 29.0 Å². The van der Waals surface area contributed by atoms with E-state index in [1.165, 1.54) is 0 Å². The SMILES string of the molecule is NC1CCC2CN(Cc3ncc(C(F)(F)F)s3)CC12. The van der Waals surface area contributed by atoms with Gasteiger partial charge in [-0.15, -0.1) is 11.3 Å². The fourth-order valence-electron chi connectivity index (χ4n) is 3.23. The highest BCUT2D eigenvalue weighted by Crippen LogP contribution is 2.38. The lowest BCUT2D eigenvalue weighted by molar-refractivity contribution is -0.134. The molecular formula is C12H16F3N3S. The molecular weight excluding hydrogens is 275 g/mol. The summed E-state index contributed by atoms with van der Waals surface area (Å²) in [6, 6.07) is 0.261. The molecule has 3 atom stereocenters. The monoisotopic (exact) mass is 291 g/mol. The number of likely N-dealkylation sites (tertiary alicyclic amines) is 1. The molecule has 2 fully saturated rings. The van der Waals surface area contributed by atoms with Crippen molar-refractivity contribution < 1.29 is 13.2 Å². The zero-order valence-electron chi connectivity index (χ0n) is 10.4. The summed E-state index contributed by atoms with van der Waals surface area (Å²) in [7, 11) is 0. The van der Waals surface area contributed by atoms with Gasteiger partial charge >= 0.3 is 6.18 Å². The number of fused-ring (bicyclic) bond motifs is 1. The van der Waals surface area contributed by atoms with Gasteiger partial charge in [0.25, 0.3) is 0 Å². The van der Waals surface area contributed by atoms with Gasteiger partial charge in [0.05, 0.1) is 12.7 Å². The zero-order valence-corrected chi connectivity index (χ0v) is 11.2. The number of nitrogens with zero attached hydrogens (tertiary/aromatic N) is 2. The van der Waals surface area contributed by atoms with Crippen LogP contribution in [-0.2, 0) is 12.7 Å². The fourth-order valence-corrected chi connectivity index (χ4v) is 4.06. The third kappa shape index (κ3) is 2.64. The van der Waals surface area contributed by atoms with Crippen LogP contribution in [0.5, 0.6) is 0 Å². The zero-order chi connectivity index (χ0) is 13.6. The maximum atomic E-state index is 12.5. The van der Waals surface area contributed by atoms with Gasteiger partial charge in [-0.25, -0.2) is 4.98 Å². The van der Waals surface area contributed by atoms with Crippen molar-refractivity contribution >= 4 is 11.3 Å². The van der Waals surface area contributed by atoms with E-state index >= 15 is 0 Å². The second kappa shape index (κ2) is 4.71. The van der Waals surface area contributed by atoms with Gasteiger partial charge in [0.15, 0.2) is 0 Å². The molecule has 3 unspecified atom stereocenters. The van der Waals surface area contributed by atoms with Crippen molar-refractivity contribution in [1.29, 1.82) is 0 Å². The van der Waals surface area contributed by atoms with Gasteiger partial charge in [-0.2, -0.15) is 13.2 Å². The molecule has 1 aliphatic carbocycles. The van der Waals surface area contributed by atoms with E-state index in [0.717, 1.165) is 43.5 Å². The second-order valence-corrected chi connectivity index (χ2v) is 6.59. The lowest BCUT2D eigenvalue weighted by atomic mass is 9.98. The minimum Gasteiger partial charge on any atom is -0.327 e. The average Bonchev–Trinajstić information content (AvgIpc) is 2.97. The quantitative estimate of drug-likeness (QED) is 0.909. The lowest BCUT2D eigenvalue weighted by Gasteiger charge is -2.16. The van der Waals surface area contributed by atoms with Gasteiger partial charge in [0.1, 0.15) is 9.88 Å². The van der Waals surface area contributed by atoms with Gasteiger partial charge < -0.3 is 5.73 Å². The lowest BCUT2D eigenvalue weighted by Crippen LogP contribution is -2.30. The summed E-state index contributed by atoms with van der Waals surface area (Å²) in [5.74, 6) is 1.14. The second-order valence-electron chi connectivity index (χ2n) is 5.48. The number of hydrogen-bond acceptors (Lipinski definition) is 4. The first-order chi connectivity index (χ1) is 8.93. The van der Waals surface area contributed by atoms with E-state index < -0.39 is 11.1 Å². The predicted molar refractivity (Wildman–Crippen MR) is 66.6 cm³/mol. The van der Waals surface area contributed by atoms with E-state index in [1.54, 1.807) is 0 Å². The number of halogens is 3. The standard InChI is InChI=1S/C12H16F3N3S/c13-12(14,15)10-3-17-11(19-10)6-18-4-7-1-2-9(16)8(7)5-18/h3,7-9H,1-2,4-6,16H2. The summed E-state index contributed by atoms with van der Waals surface area (Å²) in [6.45, 7) is 2.35. The predicted octanol–water partition coefficient (Wildman–Crippen LogP) is 2.33. The third-order valence-electron chi connectivity index (χ3n) is 4.18. The summed E-state index contributed by atoms with van der Waals surface area (Å²) in [4.78, 5) is 5.46. The number of aromatic nitrogens is 1. The fraction of sp³-hybridized carbons (Fsp3) is 0.750. The van der Waals surface area contributed by atoms with Crippen LogP contribution in [0.15, 0.2) is 6.20 Å². The van der Waals surface area contributed by atoms with Crippen molar-refractivity contribution in [2.45, 2.75) is 31.6 Å². The van der Waals surface area contributed by atoms with Gasteiger partial charge in [-0.3, -0.25) is 4.90 Å². The minimum absolute atomic E-state index is 0.261. The van der Waals surface area contributed by atoms with Gasteiger partial charge in [0.2, 0.25) is 0 Å². The first-order valence-corrected chi connectivity index (χ1v) is 7.25. The number of alkyl halides is 3. The third-order valence-corrected chi connectivity index (χ3v) is 5.21. The molecule has 7 heteroatoms. The molecule has 1 aliphatic heterocycles. The Hall–Kier alpha value is -0.660. The van der Waals surface area contributed by atoms with Crippen molar-refractivity contribution in [1.82, 2.24) is 9.88 Å². The molecule has 1 aromatic heterocycles. The molecule has 1 aromatic rings. The Morgan fingerprint density at radius 2 is 2.16 bits per heavy atom.